The monoisotopic (exact) mass is 376 g/mol. The molecular formula is C21H36N4S. The van der Waals surface area contributed by atoms with Crippen molar-refractivity contribution in [2.24, 2.45) is 4.99 Å². The van der Waals surface area contributed by atoms with Crippen molar-refractivity contribution in [3.8, 4) is 0 Å². The van der Waals surface area contributed by atoms with E-state index >= 15 is 0 Å². The Balaban J connectivity index is 1.70. The molecule has 2 rings (SSSR count). The molecule has 0 aliphatic carbocycles. The fourth-order valence-corrected chi connectivity index (χ4v) is 3.79. The molecule has 1 aliphatic heterocycles. The van der Waals surface area contributed by atoms with Crippen LogP contribution in [0.2, 0.25) is 0 Å². The number of likely N-dealkylation sites (tertiary alicyclic amines) is 1. The van der Waals surface area contributed by atoms with Crippen LogP contribution in [0.15, 0.2) is 29.3 Å². The van der Waals surface area contributed by atoms with E-state index < -0.39 is 0 Å². The third-order valence-corrected chi connectivity index (χ3v) is 5.58. The van der Waals surface area contributed by atoms with Crippen LogP contribution in [-0.4, -0.2) is 49.6 Å². The molecule has 0 atom stereocenters. The average molecular weight is 377 g/mol. The minimum atomic E-state index is 0.814. The molecule has 1 fully saturated rings. The summed E-state index contributed by atoms with van der Waals surface area (Å²) in [6.45, 7) is 5.39. The van der Waals surface area contributed by atoms with Crippen LogP contribution >= 0.6 is 11.8 Å². The molecule has 2 N–H and O–H groups in total. The number of hydrogen-bond acceptors (Lipinski definition) is 3. The van der Waals surface area contributed by atoms with Gasteiger partial charge in [-0.3, -0.25) is 9.89 Å². The van der Waals surface area contributed by atoms with E-state index in [1.165, 1.54) is 68.5 Å². The first-order chi connectivity index (χ1) is 12.8. The number of nitrogens with one attached hydrogen (secondary N) is 2. The van der Waals surface area contributed by atoms with Gasteiger partial charge < -0.3 is 10.6 Å². The average Bonchev–Trinajstić information content (AvgIpc) is 2.94. The molecule has 146 valence electrons. The molecule has 0 bridgehead atoms. The number of unbranched alkanes of at least 4 members (excludes halogenated alkanes) is 1. The van der Waals surface area contributed by atoms with E-state index in [4.69, 9.17) is 0 Å². The summed E-state index contributed by atoms with van der Waals surface area (Å²) < 4.78 is 0. The van der Waals surface area contributed by atoms with Crippen molar-refractivity contribution in [2.75, 3.05) is 38.7 Å². The second kappa shape index (κ2) is 13.0. The molecule has 0 spiro atoms. The molecule has 1 aliphatic rings. The predicted octanol–water partition coefficient (Wildman–Crippen LogP) is 3.87. The number of nitrogens with zero attached hydrogens (tertiary/aromatic N) is 2. The first-order valence-corrected chi connectivity index (χ1v) is 11.4. The lowest BCUT2D eigenvalue weighted by Gasteiger charge is -2.20. The normalized spacial score (nSPS) is 16.3. The minimum absolute atomic E-state index is 0.814. The summed E-state index contributed by atoms with van der Waals surface area (Å²) in [5, 5.41) is 6.80. The van der Waals surface area contributed by atoms with Crippen molar-refractivity contribution in [2.45, 2.75) is 51.6 Å². The molecule has 26 heavy (non-hydrogen) atoms. The van der Waals surface area contributed by atoms with E-state index in [-0.39, 0.29) is 0 Å². The highest BCUT2D eigenvalue weighted by Gasteiger charge is 2.09. The highest BCUT2D eigenvalue weighted by molar-refractivity contribution is 7.98. The first kappa shape index (κ1) is 21.1. The van der Waals surface area contributed by atoms with Gasteiger partial charge in [0.15, 0.2) is 5.96 Å². The zero-order chi connectivity index (χ0) is 18.5. The topological polar surface area (TPSA) is 39.7 Å². The molecule has 0 saturated carbocycles. The molecule has 0 aromatic heterocycles. The number of thioether (sulfide) groups is 1. The summed E-state index contributed by atoms with van der Waals surface area (Å²) in [5.74, 6) is 2.13. The second-order valence-electron chi connectivity index (χ2n) is 7.06. The fraction of sp³-hybridized carbons (Fsp3) is 0.667. The van der Waals surface area contributed by atoms with Crippen molar-refractivity contribution in [1.82, 2.24) is 15.5 Å². The van der Waals surface area contributed by atoms with Gasteiger partial charge in [0, 0.05) is 26.7 Å². The van der Waals surface area contributed by atoms with E-state index in [1.807, 2.05) is 18.8 Å². The highest BCUT2D eigenvalue weighted by atomic mass is 32.2. The lowest BCUT2D eigenvalue weighted by molar-refractivity contribution is 0.277. The SMILES string of the molecule is CN=C(NCCCCSC)NCc1ccc(CN2CCCCCC2)cc1. The smallest absolute Gasteiger partial charge is 0.191 e. The van der Waals surface area contributed by atoms with E-state index in [9.17, 15) is 0 Å². The zero-order valence-electron chi connectivity index (χ0n) is 16.6. The highest BCUT2D eigenvalue weighted by Crippen LogP contribution is 2.13. The van der Waals surface area contributed by atoms with Crippen LogP contribution in [0, 0.1) is 0 Å². The van der Waals surface area contributed by atoms with Gasteiger partial charge >= 0.3 is 0 Å². The summed E-state index contributed by atoms with van der Waals surface area (Å²) in [6, 6.07) is 9.04. The lowest BCUT2D eigenvalue weighted by Crippen LogP contribution is -2.37. The lowest BCUT2D eigenvalue weighted by atomic mass is 10.1. The van der Waals surface area contributed by atoms with E-state index in [0.717, 1.165) is 25.6 Å². The largest absolute Gasteiger partial charge is 0.356 e. The predicted molar refractivity (Wildman–Crippen MR) is 116 cm³/mol. The summed E-state index contributed by atoms with van der Waals surface area (Å²) in [4.78, 5) is 6.91. The van der Waals surface area contributed by atoms with Crippen LogP contribution in [0.25, 0.3) is 0 Å². The van der Waals surface area contributed by atoms with Gasteiger partial charge in [0.1, 0.15) is 0 Å². The molecule has 0 radical (unpaired) electrons. The zero-order valence-corrected chi connectivity index (χ0v) is 17.4. The second-order valence-corrected chi connectivity index (χ2v) is 8.04. The number of guanidine groups is 1. The van der Waals surface area contributed by atoms with Crippen molar-refractivity contribution in [3.63, 3.8) is 0 Å². The van der Waals surface area contributed by atoms with Crippen molar-refractivity contribution >= 4 is 17.7 Å². The van der Waals surface area contributed by atoms with Crippen LogP contribution < -0.4 is 10.6 Å². The minimum Gasteiger partial charge on any atom is -0.356 e. The van der Waals surface area contributed by atoms with Gasteiger partial charge in [0.05, 0.1) is 0 Å². The van der Waals surface area contributed by atoms with Crippen molar-refractivity contribution in [3.05, 3.63) is 35.4 Å². The first-order valence-electron chi connectivity index (χ1n) is 10.1. The maximum absolute atomic E-state index is 4.31. The summed E-state index contributed by atoms with van der Waals surface area (Å²) in [6.07, 6.45) is 10.1. The fourth-order valence-electron chi connectivity index (χ4n) is 3.30. The van der Waals surface area contributed by atoms with Crippen LogP contribution in [0.4, 0.5) is 0 Å². The Hall–Kier alpha value is -1.20. The van der Waals surface area contributed by atoms with Crippen molar-refractivity contribution < 1.29 is 0 Å². The quantitative estimate of drug-likeness (QED) is 0.390. The number of benzene rings is 1. The number of aliphatic imine (C=N–C) groups is 1. The van der Waals surface area contributed by atoms with Gasteiger partial charge in [-0.15, -0.1) is 0 Å². The number of rotatable bonds is 9. The molecule has 1 aromatic rings. The molecular weight excluding hydrogens is 340 g/mol. The molecule has 0 amide bonds. The molecule has 1 saturated heterocycles. The molecule has 4 nitrogen and oxygen atoms in total. The van der Waals surface area contributed by atoms with Gasteiger partial charge in [-0.2, -0.15) is 11.8 Å². The summed E-state index contributed by atoms with van der Waals surface area (Å²) >= 11 is 1.91. The Bertz CT molecular complexity index is 507. The standard InChI is InChI=1S/C21H36N4S/c1-22-21(23-13-5-8-16-26-2)24-17-19-9-11-20(12-10-19)18-25-14-6-3-4-7-15-25/h9-12H,3-8,13-18H2,1-2H3,(H2,22,23,24). The van der Waals surface area contributed by atoms with Crippen LogP contribution in [0.3, 0.4) is 0 Å². The maximum Gasteiger partial charge on any atom is 0.191 e. The molecule has 1 aromatic carbocycles. The third-order valence-electron chi connectivity index (χ3n) is 4.88. The van der Waals surface area contributed by atoms with E-state index in [1.54, 1.807) is 0 Å². The summed E-state index contributed by atoms with van der Waals surface area (Å²) in [7, 11) is 1.83. The van der Waals surface area contributed by atoms with Crippen molar-refractivity contribution in [1.29, 1.82) is 0 Å². The summed E-state index contributed by atoms with van der Waals surface area (Å²) in [5.41, 5.74) is 2.72. The molecule has 1 heterocycles. The Labute approximate surface area is 164 Å². The van der Waals surface area contributed by atoms with E-state index in [2.05, 4.69) is 51.0 Å². The molecule has 5 heteroatoms. The van der Waals surface area contributed by atoms with Crippen LogP contribution in [-0.2, 0) is 13.1 Å². The Kier molecular flexibility index (Phi) is 10.6. The Morgan fingerprint density at radius 2 is 1.69 bits per heavy atom. The molecule has 0 unspecified atom stereocenters. The van der Waals surface area contributed by atoms with Crippen LogP contribution in [0.5, 0.6) is 0 Å². The van der Waals surface area contributed by atoms with Gasteiger partial charge in [0.2, 0.25) is 0 Å². The number of hydrogen-bond donors (Lipinski definition) is 2. The van der Waals surface area contributed by atoms with Gasteiger partial charge in [-0.1, -0.05) is 37.1 Å². The maximum atomic E-state index is 4.31. The van der Waals surface area contributed by atoms with Crippen LogP contribution in [0.1, 0.15) is 49.7 Å². The Morgan fingerprint density at radius 1 is 1.00 bits per heavy atom. The third kappa shape index (κ3) is 8.45. The van der Waals surface area contributed by atoms with Gasteiger partial charge in [-0.05, 0) is 61.9 Å². The van der Waals surface area contributed by atoms with Gasteiger partial charge in [0.25, 0.3) is 0 Å². The van der Waals surface area contributed by atoms with Gasteiger partial charge in [-0.25, -0.2) is 0 Å². The Morgan fingerprint density at radius 3 is 2.35 bits per heavy atom. The van der Waals surface area contributed by atoms with E-state index in [0.29, 0.717) is 0 Å².